The zero-order valence-electron chi connectivity index (χ0n) is 22.4. The maximum atomic E-state index is 12.8. The third-order valence-corrected chi connectivity index (χ3v) is 7.61. The molecular formula is C31H34N4O3. The van der Waals surface area contributed by atoms with E-state index in [0.29, 0.717) is 11.5 Å². The Bertz CT molecular complexity index is 1520. The standard InChI is InChI=1S/C31H34N4O3/c1-31(2,37)18-35(4)30(36)20-7-5-19(6-8-20)26-15-33-29-25(26)12-23(14-32-29)22-11-24-17-34(3)16-21-9-10-38-27(13-22)28(21)24/h5-8,11-15,21,37H,9-10,16-18H2,1-4H3,(H,32,33). The number of carbonyl (C=O) groups is 1. The summed E-state index contributed by atoms with van der Waals surface area (Å²) in [4.78, 5) is 24.8. The second-order valence-corrected chi connectivity index (χ2v) is 11.5. The SMILES string of the molecule is CN1Cc2cc(-c3cnc4[nH]cc(-c5ccc(C(=O)N(C)CC(C)(C)O)cc5)c4c3)cc3c2C(CCO3)C1. The topological polar surface area (TPSA) is 81.7 Å². The van der Waals surface area contributed by atoms with Crippen molar-refractivity contribution < 1.29 is 14.6 Å². The van der Waals surface area contributed by atoms with E-state index in [0.717, 1.165) is 65.2 Å². The van der Waals surface area contributed by atoms with Crippen LogP contribution >= 0.6 is 0 Å². The van der Waals surface area contributed by atoms with Crippen molar-refractivity contribution in [3.05, 3.63) is 71.5 Å². The molecule has 7 heteroatoms. The number of nitrogens with one attached hydrogen (secondary N) is 1. The predicted octanol–water partition coefficient (Wildman–Crippen LogP) is 5.05. The van der Waals surface area contributed by atoms with E-state index in [9.17, 15) is 9.90 Å². The zero-order chi connectivity index (χ0) is 26.6. The summed E-state index contributed by atoms with van der Waals surface area (Å²) < 4.78 is 6.12. The summed E-state index contributed by atoms with van der Waals surface area (Å²) in [6.45, 7) is 6.43. The van der Waals surface area contributed by atoms with Crippen molar-refractivity contribution in [2.75, 3.05) is 33.8 Å². The van der Waals surface area contributed by atoms with E-state index in [-0.39, 0.29) is 12.5 Å². The highest BCUT2D eigenvalue weighted by atomic mass is 16.5. The zero-order valence-corrected chi connectivity index (χ0v) is 22.4. The number of carbonyl (C=O) groups excluding carboxylic acids is 1. The number of rotatable bonds is 5. The lowest BCUT2D eigenvalue weighted by atomic mass is 9.84. The Balaban J connectivity index is 1.33. The van der Waals surface area contributed by atoms with E-state index in [1.54, 1.807) is 25.8 Å². The van der Waals surface area contributed by atoms with Crippen molar-refractivity contribution in [2.24, 2.45) is 0 Å². The van der Waals surface area contributed by atoms with Gasteiger partial charge in [-0.15, -0.1) is 0 Å². The molecule has 7 nitrogen and oxygen atoms in total. The highest BCUT2D eigenvalue weighted by Crippen LogP contribution is 2.43. The fraction of sp³-hybridized carbons (Fsp3) is 0.355. The summed E-state index contributed by atoms with van der Waals surface area (Å²) in [6, 6.07) is 14.3. The summed E-state index contributed by atoms with van der Waals surface area (Å²) in [7, 11) is 3.90. The highest BCUT2D eigenvalue weighted by molar-refractivity contribution is 5.98. The van der Waals surface area contributed by atoms with Gasteiger partial charge in [0.05, 0.1) is 12.2 Å². The molecule has 0 bridgehead atoms. The highest BCUT2D eigenvalue weighted by Gasteiger charge is 2.30. The van der Waals surface area contributed by atoms with Gasteiger partial charge in [-0.1, -0.05) is 12.1 Å². The van der Waals surface area contributed by atoms with Crippen LogP contribution in [0.4, 0.5) is 0 Å². The Morgan fingerprint density at radius 1 is 1.18 bits per heavy atom. The van der Waals surface area contributed by atoms with Crippen LogP contribution in [0.2, 0.25) is 0 Å². The van der Waals surface area contributed by atoms with Gasteiger partial charge in [0.15, 0.2) is 0 Å². The van der Waals surface area contributed by atoms with Crippen LogP contribution in [-0.2, 0) is 6.54 Å². The minimum atomic E-state index is -0.946. The number of aromatic amines is 1. The number of aromatic nitrogens is 2. The number of pyridine rings is 1. The Labute approximate surface area is 223 Å². The molecule has 0 saturated heterocycles. The van der Waals surface area contributed by atoms with Gasteiger partial charge >= 0.3 is 0 Å². The van der Waals surface area contributed by atoms with Crippen LogP contribution in [0, 0.1) is 0 Å². The Kier molecular flexibility index (Phi) is 6.00. The molecule has 2 aromatic carbocycles. The summed E-state index contributed by atoms with van der Waals surface area (Å²) in [5.74, 6) is 1.45. The Hall–Kier alpha value is -3.68. The summed E-state index contributed by atoms with van der Waals surface area (Å²) in [5.41, 5.74) is 7.41. The fourth-order valence-electron chi connectivity index (χ4n) is 6.00. The van der Waals surface area contributed by atoms with Crippen LogP contribution < -0.4 is 4.74 Å². The molecule has 1 unspecified atom stereocenters. The molecule has 4 aromatic rings. The van der Waals surface area contributed by atoms with Crippen LogP contribution in [0.15, 0.2) is 54.9 Å². The number of amides is 1. The van der Waals surface area contributed by atoms with Gasteiger partial charge in [-0.25, -0.2) is 4.98 Å². The van der Waals surface area contributed by atoms with Gasteiger partial charge in [0.25, 0.3) is 5.91 Å². The quantitative estimate of drug-likeness (QED) is 0.393. The van der Waals surface area contributed by atoms with E-state index in [2.05, 4.69) is 35.1 Å². The number of ether oxygens (including phenoxy) is 1. The van der Waals surface area contributed by atoms with Crippen molar-refractivity contribution in [2.45, 2.75) is 38.3 Å². The molecule has 2 N–H and O–H groups in total. The third kappa shape index (κ3) is 4.57. The first-order valence-corrected chi connectivity index (χ1v) is 13.2. The second-order valence-electron chi connectivity index (χ2n) is 11.5. The fourth-order valence-corrected chi connectivity index (χ4v) is 6.00. The normalized spacial score (nSPS) is 17.2. The van der Waals surface area contributed by atoms with Crippen LogP contribution in [-0.4, -0.2) is 70.2 Å². The van der Waals surface area contributed by atoms with Crippen molar-refractivity contribution in [1.29, 1.82) is 0 Å². The molecule has 0 fully saturated rings. The average Bonchev–Trinajstić information content (AvgIpc) is 3.30. The number of hydrogen-bond donors (Lipinski definition) is 2. The number of fused-ring (bicyclic) bond motifs is 1. The van der Waals surface area contributed by atoms with Gasteiger partial charge in [-0.3, -0.25) is 4.79 Å². The number of benzene rings is 2. The molecular weight excluding hydrogens is 476 g/mol. The van der Waals surface area contributed by atoms with E-state index >= 15 is 0 Å². The molecule has 2 aliphatic heterocycles. The Morgan fingerprint density at radius 3 is 2.74 bits per heavy atom. The smallest absolute Gasteiger partial charge is 0.253 e. The van der Waals surface area contributed by atoms with Gasteiger partial charge in [0.2, 0.25) is 0 Å². The molecule has 2 aromatic heterocycles. The number of likely N-dealkylation sites (N-methyl/N-ethyl adjacent to an activating group) is 2. The van der Waals surface area contributed by atoms with Crippen LogP contribution in [0.5, 0.6) is 5.75 Å². The maximum absolute atomic E-state index is 12.8. The van der Waals surface area contributed by atoms with E-state index in [1.165, 1.54) is 11.1 Å². The van der Waals surface area contributed by atoms with Crippen molar-refractivity contribution in [1.82, 2.24) is 19.8 Å². The largest absolute Gasteiger partial charge is 0.493 e. The molecule has 4 heterocycles. The molecule has 0 aliphatic carbocycles. The molecule has 196 valence electrons. The predicted molar refractivity (Wildman–Crippen MR) is 149 cm³/mol. The number of nitrogens with zero attached hydrogens (tertiary/aromatic N) is 3. The first kappa shape index (κ1) is 24.6. The molecule has 0 radical (unpaired) electrons. The van der Waals surface area contributed by atoms with Crippen molar-refractivity contribution >= 4 is 16.9 Å². The average molecular weight is 511 g/mol. The first-order chi connectivity index (χ1) is 18.2. The van der Waals surface area contributed by atoms with Gasteiger partial charge in [0, 0.05) is 72.6 Å². The molecule has 1 atom stereocenters. The van der Waals surface area contributed by atoms with Crippen LogP contribution in [0.1, 0.15) is 47.7 Å². The lowest BCUT2D eigenvalue weighted by Crippen LogP contribution is -2.39. The van der Waals surface area contributed by atoms with Gasteiger partial charge in [-0.2, -0.15) is 0 Å². The van der Waals surface area contributed by atoms with Crippen LogP contribution in [0.3, 0.4) is 0 Å². The molecule has 0 spiro atoms. The number of hydrogen-bond acceptors (Lipinski definition) is 5. The Morgan fingerprint density at radius 2 is 1.97 bits per heavy atom. The summed E-state index contributed by atoms with van der Waals surface area (Å²) in [5, 5.41) is 11.1. The lowest BCUT2D eigenvalue weighted by molar-refractivity contribution is 0.0368. The number of aliphatic hydroxyl groups is 1. The molecule has 2 aliphatic rings. The lowest BCUT2D eigenvalue weighted by Gasteiger charge is -2.36. The third-order valence-electron chi connectivity index (χ3n) is 7.61. The second kappa shape index (κ2) is 9.26. The minimum Gasteiger partial charge on any atom is -0.493 e. The van der Waals surface area contributed by atoms with Gasteiger partial charge in [0.1, 0.15) is 11.4 Å². The minimum absolute atomic E-state index is 0.118. The van der Waals surface area contributed by atoms with Crippen molar-refractivity contribution in [3.63, 3.8) is 0 Å². The molecule has 1 amide bonds. The summed E-state index contributed by atoms with van der Waals surface area (Å²) in [6.07, 6.45) is 4.96. The monoisotopic (exact) mass is 510 g/mol. The first-order valence-electron chi connectivity index (χ1n) is 13.2. The van der Waals surface area contributed by atoms with Crippen molar-refractivity contribution in [3.8, 4) is 28.0 Å². The molecule has 6 rings (SSSR count). The van der Waals surface area contributed by atoms with Crippen LogP contribution in [0.25, 0.3) is 33.3 Å². The molecule has 38 heavy (non-hydrogen) atoms. The maximum Gasteiger partial charge on any atom is 0.253 e. The van der Waals surface area contributed by atoms with E-state index < -0.39 is 5.60 Å². The van der Waals surface area contributed by atoms with E-state index in [1.807, 2.05) is 36.7 Å². The van der Waals surface area contributed by atoms with Gasteiger partial charge < -0.3 is 24.6 Å². The summed E-state index contributed by atoms with van der Waals surface area (Å²) >= 11 is 0. The van der Waals surface area contributed by atoms with Gasteiger partial charge in [-0.05, 0) is 74.3 Å². The van der Waals surface area contributed by atoms with E-state index in [4.69, 9.17) is 9.72 Å². The number of H-pyrrole nitrogens is 1. The molecule has 0 saturated carbocycles.